The molecule has 1 heterocycles. The number of nitrogens with zero attached hydrogens (tertiary/aromatic N) is 2. The first-order chi connectivity index (χ1) is 8.54. The SMILES string of the molecule is C#CCNC(=O)c1ccc(N(C)CC(C)O)nc1. The van der Waals surface area contributed by atoms with Crippen molar-refractivity contribution in [2.75, 3.05) is 25.0 Å². The van der Waals surface area contributed by atoms with Gasteiger partial charge in [-0.15, -0.1) is 6.42 Å². The molecule has 0 spiro atoms. The van der Waals surface area contributed by atoms with E-state index in [1.165, 1.54) is 6.20 Å². The largest absolute Gasteiger partial charge is 0.392 e. The normalized spacial score (nSPS) is 11.4. The van der Waals surface area contributed by atoms with Crippen LogP contribution in [0.15, 0.2) is 18.3 Å². The van der Waals surface area contributed by atoms with Crippen molar-refractivity contribution in [3.63, 3.8) is 0 Å². The first-order valence-electron chi connectivity index (χ1n) is 5.61. The Morgan fingerprint density at radius 3 is 2.89 bits per heavy atom. The van der Waals surface area contributed by atoms with Crippen LogP contribution in [0.25, 0.3) is 0 Å². The standard InChI is InChI=1S/C13H17N3O2/c1-4-7-14-13(18)11-5-6-12(15-8-11)16(3)9-10(2)17/h1,5-6,8,10,17H,7,9H2,2-3H3,(H,14,18). The van der Waals surface area contributed by atoms with Gasteiger partial charge in [-0.1, -0.05) is 5.92 Å². The fourth-order valence-electron chi connectivity index (χ4n) is 1.47. The highest BCUT2D eigenvalue weighted by Gasteiger charge is 2.08. The van der Waals surface area contributed by atoms with Gasteiger partial charge in [-0.3, -0.25) is 4.79 Å². The quantitative estimate of drug-likeness (QED) is 0.733. The second-order valence-corrected chi connectivity index (χ2v) is 4.02. The molecule has 2 N–H and O–H groups in total. The monoisotopic (exact) mass is 247 g/mol. The van der Waals surface area contributed by atoms with Gasteiger partial charge in [0.2, 0.25) is 0 Å². The number of aliphatic hydroxyl groups is 1. The van der Waals surface area contributed by atoms with E-state index in [2.05, 4.69) is 16.2 Å². The number of carbonyl (C=O) groups excluding carboxylic acids is 1. The number of hydrogen-bond acceptors (Lipinski definition) is 4. The van der Waals surface area contributed by atoms with Crippen molar-refractivity contribution in [3.05, 3.63) is 23.9 Å². The lowest BCUT2D eigenvalue weighted by Crippen LogP contribution is -2.28. The number of rotatable bonds is 5. The summed E-state index contributed by atoms with van der Waals surface area (Å²) in [6.07, 6.45) is 6.11. The van der Waals surface area contributed by atoms with E-state index in [4.69, 9.17) is 6.42 Å². The van der Waals surface area contributed by atoms with Crippen LogP contribution >= 0.6 is 0 Å². The van der Waals surface area contributed by atoms with Gasteiger partial charge in [-0.2, -0.15) is 0 Å². The van der Waals surface area contributed by atoms with Crippen molar-refractivity contribution in [2.45, 2.75) is 13.0 Å². The highest BCUT2D eigenvalue weighted by atomic mass is 16.3. The second-order valence-electron chi connectivity index (χ2n) is 4.02. The Bertz CT molecular complexity index is 435. The van der Waals surface area contributed by atoms with Gasteiger partial charge in [-0.05, 0) is 19.1 Å². The summed E-state index contributed by atoms with van der Waals surface area (Å²) in [5, 5.41) is 11.8. The molecule has 1 rings (SSSR count). The molecular formula is C13H17N3O2. The molecule has 96 valence electrons. The van der Waals surface area contributed by atoms with Gasteiger partial charge in [0.25, 0.3) is 5.91 Å². The van der Waals surface area contributed by atoms with E-state index in [9.17, 15) is 9.90 Å². The number of likely N-dealkylation sites (N-methyl/N-ethyl adjacent to an activating group) is 1. The summed E-state index contributed by atoms with van der Waals surface area (Å²) < 4.78 is 0. The van der Waals surface area contributed by atoms with Crippen LogP contribution in [0.4, 0.5) is 5.82 Å². The summed E-state index contributed by atoms with van der Waals surface area (Å²) in [6, 6.07) is 3.40. The van der Waals surface area contributed by atoms with Crippen LogP contribution in [0, 0.1) is 12.3 Å². The molecule has 5 nitrogen and oxygen atoms in total. The van der Waals surface area contributed by atoms with Crippen LogP contribution in [0.1, 0.15) is 17.3 Å². The van der Waals surface area contributed by atoms with Crippen LogP contribution in [-0.4, -0.2) is 42.2 Å². The topological polar surface area (TPSA) is 65.5 Å². The molecule has 1 amide bonds. The summed E-state index contributed by atoms with van der Waals surface area (Å²) in [5.41, 5.74) is 0.458. The number of carbonyl (C=O) groups is 1. The molecule has 1 atom stereocenters. The lowest BCUT2D eigenvalue weighted by molar-refractivity contribution is 0.0958. The molecule has 0 aromatic carbocycles. The van der Waals surface area contributed by atoms with Crippen LogP contribution in [0.3, 0.4) is 0 Å². The third kappa shape index (κ3) is 4.07. The molecule has 0 fully saturated rings. The van der Waals surface area contributed by atoms with Crippen molar-refractivity contribution >= 4 is 11.7 Å². The third-order valence-corrected chi connectivity index (χ3v) is 2.29. The lowest BCUT2D eigenvalue weighted by atomic mass is 10.2. The smallest absolute Gasteiger partial charge is 0.253 e. The molecular weight excluding hydrogens is 230 g/mol. The maximum Gasteiger partial charge on any atom is 0.253 e. The number of aliphatic hydroxyl groups excluding tert-OH is 1. The molecule has 0 saturated heterocycles. The van der Waals surface area contributed by atoms with E-state index in [1.54, 1.807) is 19.1 Å². The van der Waals surface area contributed by atoms with Crippen LogP contribution in [0.2, 0.25) is 0 Å². The Kier molecular flexibility index (Phi) is 5.15. The fourth-order valence-corrected chi connectivity index (χ4v) is 1.47. The molecule has 0 aliphatic heterocycles. The number of terminal acetylenes is 1. The molecule has 0 bridgehead atoms. The molecule has 0 radical (unpaired) electrons. The van der Waals surface area contributed by atoms with E-state index in [0.29, 0.717) is 17.9 Å². The fraction of sp³-hybridized carbons (Fsp3) is 0.385. The summed E-state index contributed by atoms with van der Waals surface area (Å²) in [6.45, 7) is 2.39. The number of anilines is 1. The predicted molar refractivity (Wildman–Crippen MR) is 70.4 cm³/mol. The molecule has 18 heavy (non-hydrogen) atoms. The maximum atomic E-state index is 11.6. The minimum absolute atomic E-state index is 0.197. The van der Waals surface area contributed by atoms with E-state index < -0.39 is 6.10 Å². The van der Waals surface area contributed by atoms with Gasteiger partial charge < -0.3 is 15.3 Å². The Hall–Kier alpha value is -2.06. The molecule has 5 heteroatoms. The van der Waals surface area contributed by atoms with Gasteiger partial charge in [0.1, 0.15) is 5.82 Å². The van der Waals surface area contributed by atoms with Gasteiger partial charge in [-0.25, -0.2) is 4.98 Å². The zero-order valence-corrected chi connectivity index (χ0v) is 10.6. The minimum atomic E-state index is -0.435. The Labute approximate surface area is 107 Å². The van der Waals surface area contributed by atoms with Crippen molar-refractivity contribution in [3.8, 4) is 12.3 Å². The molecule has 1 aromatic heterocycles. The van der Waals surface area contributed by atoms with Crippen LogP contribution in [0.5, 0.6) is 0 Å². The number of nitrogens with one attached hydrogen (secondary N) is 1. The van der Waals surface area contributed by atoms with Gasteiger partial charge >= 0.3 is 0 Å². The first kappa shape index (κ1) is 14.0. The number of aromatic nitrogens is 1. The average molecular weight is 247 g/mol. The Morgan fingerprint density at radius 2 is 2.39 bits per heavy atom. The van der Waals surface area contributed by atoms with Crippen molar-refractivity contribution < 1.29 is 9.90 Å². The summed E-state index contributed by atoms with van der Waals surface area (Å²) in [5.74, 6) is 2.78. The average Bonchev–Trinajstić information content (AvgIpc) is 2.35. The van der Waals surface area contributed by atoms with Gasteiger partial charge in [0.15, 0.2) is 0 Å². The summed E-state index contributed by atoms with van der Waals surface area (Å²) in [7, 11) is 1.83. The van der Waals surface area contributed by atoms with E-state index >= 15 is 0 Å². The van der Waals surface area contributed by atoms with E-state index in [0.717, 1.165) is 0 Å². The first-order valence-corrected chi connectivity index (χ1v) is 5.61. The summed E-state index contributed by atoms with van der Waals surface area (Å²) >= 11 is 0. The highest BCUT2D eigenvalue weighted by molar-refractivity contribution is 5.94. The van der Waals surface area contributed by atoms with Crippen molar-refractivity contribution in [1.82, 2.24) is 10.3 Å². The lowest BCUT2D eigenvalue weighted by Gasteiger charge is -2.19. The van der Waals surface area contributed by atoms with Crippen LogP contribution < -0.4 is 10.2 Å². The summed E-state index contributed by atoms with van der Waals surface area (Å²) in [4.78, 5) is 17.5. The molecule has 0 saturated carbocycles. The highest BCUT2D eigenvalue weighted by Crippen LogP contribution is 2.09. The van der Waals surface area contributed by atoms with Gasteiger partial charge in [0, 0.05) is 19.8 Å². The predicted octanol–water partition coefficient (Wildman–Crippen LogP) is 0.262. The molecule has 1 aromatic rings. The number of pyridine rings is 1. The molecule has 0 aliphatic rings. The van der Waals surface area contributed by atoms with Crippen molar-refractivity contribution in [1.29, 1.82) is 0 Å². The van der Waals surface area contributed by atoms with E-state index in [1.807, 2.05) is 11.9 Å². The minimum Gasteiger partial charge on any atom is -0.392 e. The zero-order valence-electron chi connectivity index (χ0n) is 10.6. The Balaban J connectivity index is 2.68. The number of amides is 1. The molecule has 0 aliphatic carbocycles. The van der Waals surface area contributed by atoms with E-state index in [-0.39, 0.29) is 12.5 Å². The third-order valence-electron chi connectivity index (χ3n) is 2.29. The van der Waals surface area contributed by atoms with Crippen LogP contribution in [-0.2, 0) is 0 Å². The maximum absolute atomic E-state index is 11.6. The zero-order chi connectivity index (χ0) is 13.5. The number of hydrogen-bond donors (Lipinski definition) is 2. The molecule has 1 unspecified atom stereocenters. The van der Waals surface area contributed by atoms with Gasteiger partial charge in [0.05, 0.1) is 18.2 Å². The van der Waals surface area contributed by atoms with Crippen molar-refractivity contribution in [2.24, 2.45) is 0 Å². The Morgan fingerprint density at radius 1 is 1.67 bits per heavy atom. The second kappa shape index (κ2) is 6.62.